The summed E-state index contributed by atoms with van der Waals surface area (Å²) in [6, 6.07) is 24.8. The minimum Gasteiger partial charge on any atom is -0.365 e. The molecule has 3 aliphatic rings. The quantitative estimate of drug-likeness (QED) is 0.478. The van der Waals surface area contributed by atoms with Gasteiger partial charge in [-0.05, 0) is 86.8 Å². The Kier molecular flexibility index (Phi) is 4.53. The largest absolute Gasteiger partial charge is 0.365 e. The first kappa shape index (κ1) is 18.6. The zero-order valence-electron chi connectivity index (χ0n) is 17.9. The number of hydrogen-bond donors (Lipinski definition) is 1. The molecule has 2 aromatic heterocycles. The number of pyridine rings is 1. The van der Waals surface area contributed by atoms with Crippen LogP contribution in [0.2, 0.25) is 0 Å². The molecular weight excluding hydrogens is 380 g/mol. The van der Waals surface area contributed by atoms with Gasteiger partial charge in [0, 0.05) is 41.1 Å². The number of nitrogens with one attached hydrogen (secondary N) is 1. The van der Waals surface area contributed by atoms with E-state index in [4.69, 9.17) is 4.98 Å². The third kappa shape index (κ3) is 3.31. The maximum absolute atomic E-state index is 4.77. The summed E-state index contributed by atoms with van der Waals surface area (Å²) in [5.41, 5.74) is 4.76. The van der Waals surface area contributed by atoms with Crippen molar-refractivity contribution in [1.29, 1.82) is 0 Å². The van der Waals surface area contributed by atoms with Gasteiger partial charge in [-0.3, -0.25) is 4.90 Å². The Bertz CT molecular complexity index is 1190. The second-order valence-corrected chi connectivity index (χ2v) is 9.01. The molecule has 2 aromatic carbocycles. The normalized spacial score (nSPS) is 25.1. The summed E-state index contributed by atoms with van der Waals surface area (Å²) in [5.74, 6) is 1.77. The molecule has 4 aromatic rings. The number of hydrogen-bond acceptors (Lipinski definition) is 3. The van der Waals surface area contributed by atoms with Gasteiger partial charge in [0.15, 0.2) is 0 Å². The van der Waals surface area contributed by atoms with Gasteiger partial charge in [-0.15, -0.1) is 0 Å². The van der Waals surface area contributed by atoms with Gasteiger partial charge in [0.1, 0.15) is 5.82 Å². The molecule has 31 heavy (non-hydrogen) atoms. The van der Waals surface area contributed by atoms with Crippen molar-refractivity contribution in [3.8, 4) is 16.8 Å². The number of benzene rings is 2. The van der Waals surface area contributed by atoms with E-state index >= 15 is 0 Å². The molecular formula is C27H28N4. The number of nitrogens with zero attached hydrogens (tertiary/aromatic N) is 3. The summed E-state index contributed by atoms with van der Waals surface area (Å²) in [5, 5.41) is 4.98. The van der Waals surface area contributed by atoms with Gasteiger partial charge in [0.25, 0.3) is 0 Å². The SMILES string of the molecule is CC1C(Nc2ccc(-c3ccc4c(ccn4-c4ccccc4)c3)cn2)C2CCN1CC2. The lowest BCUT2D eigenvalue weighted by Gasteiger charge is -2.50. The molecule has 0 spiro atoms. The highest BCUT2D eigenvalue weighted by Crippen LogP contribution is 2.34. The lowest BCUT2D eigenvalue weighted by molar-refractivity contribution is 0.0457. The van der Waals surface area contributed by atoms with E-state index in [1.807, 2.05) is 6.20 Å². The van der Waals surface area contributed by atoms with Crippen LogP contribution in [0.3, 0.4) is 0 Å². The molecule has 4 heteroatoms. The zero-order chi connectivity index (χ0) is 20.8. The van der Waals surface area contributed by atoms with Crippen LogP contribution in [0.15, 0.2) is 79.1 Å². The highest BCUT2D eigenvalue weighted by molar-refractivity contribution is 5.87. The van der Waals surface area contributed by atoms with Crippen molar-refractivity contribution in [2.24, 2.45) is 5.92 Å². The minimum absolute atomic E-state index is 0.509. The molecule has 3 fully saturated rings. The number of anilines is 1. The Hall–Kier alpha value is -3.11. The van der Waals surface area contributed by atoms with Gasteiger partial charge in [-0.2, -0.15) is 0 Å². The molecule has 5 heterocycles. The summed E-state index contributed by atoms with van der Waals surface area (Å²) < 4.78 is 2.24. The molecule has 1 N–H and O–H groups in total. The van der Waals surface area contributed by atoms with Crippen LogP contribution in [0.25, 0.3) is 27.7 Å². The second-order valence-electron chi connectivity index (χ2n) is 9.01. The van der Waals surface area contributed by atoms with Crippen LogP contribution in [0.1, 0.15) is 19.8 Å². The maximum atomic E-state index is 4.77. The van der Waals surface area contributed by atoms with Crippen LogP contribution >= 0.6 is 0 Å². The first-order valence-corrected chi connectivity index (χ1v) is 11.4. The Balaban J connectivity index is 1.23. The third-order valence-corrected chi connectivity index (χ3v) is 7.31. The zero-order valence-corrected chi connectivity index (χ0v) is 17.9. The third-order valence-electron chi connectivity index (χ3n) is 7.31. The molecule has 156 valence electrons. The molecule has 2 atom stereocenters. The van der Waals surface area contributed by atoms with E-state index in [-0.39, 0.29) is 0 Å². The summed E-state index contributed by atoms with van der Waals surface area (Å²) in [6.45, 7) is 4.86. The van der Waals surface area contributed by atoms with Gasteiger partial charge in [0.05, 0.1) is 5.52 Å². The minimum atomic E-state index is 0.509. The van der Waals surface area contributed by atoms with Crippen molar-refractivity contribution in [1.82, 2.24) is 14.5 Å². The Morgan fingerprint density at radius 3 is 2.45 bits per heavy atom. The van der Waals surface area contributed by atoms with Crippen molar-refractivity contribution < 1.29 is 0 Å². The fourth-order valence-corrected chi connectivity index (χ4v) is 5.50. The molecule has 7 rings (SSSR count). The van der Waals surface area contributed by atoms with Crippen LogP contribution in [0.5, 0.6) is 0 Å². The molecule has 0 radical (unpaired) electrons. The highest BCUT2D eigenvalue weighted by Gasteiger charge is 2.39. The van der Waals surface area contributed by atoms with Gasteiger partial charge in [0.2, 0.25) is 0 Å². The van der Waals surface area contributed by atoms with Crippen LogP contribution in [-0.4, -0.2) is 39.6 Å². The van der Waals surface area contributed by atoms with Crippen molar-refractivity contribution in [3.05, 3.63) is 79.1 Å². The number of para-hydroxylation sites is 1. The Labute approximate surface area is 183 Å². The van der Waals surface area contributed by atoms with Crippen molar-refractivity contribution in [3.63, 3.8) is 0 Å². The first-order chi connectivity index (χ1) is 15.3. The van der Waals surface area contributed by atoms with E-state index in [0.29, 0.717) is 12.1 Å². The fraction of sp³-hybridized carbons (Fsp3) is 0.296. The lowest BCUT2D eigenvalue weighted by atomic mass is 9.79. The van der Waals surface area contributed by atoms with Gasteiger partial charge >= 0.3 is 0 Å². The van der Waals surface area contributed by atoms with E-state index < -0.39 is 0 Å². The van der Waals surface area contributed by atoms with Crippen LogP contribution < -0.4 is 5.32 Å². The smallest absolute Gasteiger partial charge is 0.126 e. The summed E-state index contributed by atoms with van der Waals surface area (Å²) in [7, 11) is 0. The average molecular weight is 409 g/mol. The molecule has 0 aliphatic carbocycles. The van der Waals surface area contributed by atoms with Gasteiger partial charge in [-0.1, -0.05) is 24.3 Å². The number of piperidine rings is 3. The van der Waals surface area contributed by atoms with Crippen LogP contribution in [0.4, 0.5) is 5.82 Å². The van der Waals surface area contributed by atoms with E-state index in [1.54, 1.807) is 0 Å². The predicted octanol–water partition coefficient (Wildman–Crippen LogP) is 5.59. The highest BCUT2D eigenvalue weighted by atomic mass is 15.2. The lowest BCUT2D eigenvalue weighted by Crippen LogP contribution is -2.59. The standard InChI is InChI=1S/C27H28N4/c1-19-27(20-11-14-30(19)15-12-20)29-26-10-8-23(18-28-26)21-7-9-25-22(17-21)13-16-31(25)24-5-3-2-4-6-24/h2-10,13,16-20,27H,11-12,14-15H2,1H3,(H,28,29). The van der Waals surface area contributed by atoms with E-state index in [9.17, 15) is 0 Å². The monoisotopic (exact) mass is 408 g/mol. The summed E-state index contributed by atoms with van der Waals surface area (Å²) in [4.78, 5) is 7.38. The molecule has 0 amide bonds. The second kappa shape index (κ2) is 7.54. The Morgan fingerprint density at radius 2 is 1.71 bits per heavy atom. The molecule has 0 saturated carbocycles. The van der Waals surface area contributed by atoms with Crippen molar-refractivity contribution in [2.45, 2.75) is 31.8 Å². The van der Waals surface area contributed by atoms with E-state index in [2.05, 4.69) is 94.6 Å². The summed E-state index contributed by atoms with van der Waals surface area (Å²) in [6.07, 6.45) is 6.76. The van der Waals surface area contributed by atoms with E-state index in [0.717, 1.165) is 17.3 Å². The predicted molar refractivity (Wildman–Crippen MR) is 128 cm³/mol. The number of aromatic nitrogens is 2. The van der Waals surface area contributed by atoms with Gasteiger partial charge < -0.3 is 9.88 Å². The fourth-order valence-electron chi connectivity index (χ4n) is 5.50. The van der Waals surface area contributed by atoms with Crippen LogP contribution in [0, 0.1) is 5.92 Å². The first-order valence-electron chi connectivity index (χ1n) is 11.4. The number of rotatable bonds is 4. The van der Waals surface area contributed by atoms with E-state index in [1.165, 1.54) is 48.1 Å². The van der Waals surface area contributed by atoms with Crippen molar-refractivity contribution >= 4 is 16.7 Å². The van der Waals surface area contributed by atoms with Crippen molar-refractivity contribution in [2.75, 3.05) is 18.4 Å². The van der Waals surface area contributed by atoms with Gasteiger partial charge in [-0.25, -0.2) is 4.98 Å². The molecule has 4 nitrogen and oxygen atoms in total. The molecule has 2 unspecified atom stereocenters. The maximum Gasteiger partial charge on any atom is 0.126 e. The average Bonchev–Trinajstić information content (AvgIpc) is 3.26. The topological polar surface area (TPSA) is 33.1 Å². The summed E-state index contributed by atoms with van der Waals surface area (Å²) >= 11 is 0. The molecule has 3 saturated heterocycles. The van der Waals surface area contributed by atoms with Crippen LogP contribution in [-0.2, 0) is 0 Å². The number of fused-ring (bicyclic) bond motifs is 4. The molecule has 3 aliphatic heterocycles. The Morgan fingerprint density at radius 1 is 0.903 bits per heavy atom. The molecule has 2 bridgehead atoms.